The van der Waals surface area contributed by atoms with Crippen molar-refractivity contribution in [3.8, 4) is 5.75 Å². The summed E-state index contributed by atoms with van der Waals surface area (Å²) >= 11 is 6.31. The minimum atomic E-state index is -0.108. The van der Waals surface area contributed by atoms with E-state index in [0.29, 0.717) is 34.9 Å². The van der Waals surface area contributed by atoms with Crippen LogP contribution in [0.1, 0.15) is 55.8 Å². The zero-order valence-corrected chi connectivity index (χ0v) is 19.2. The lowest BCUT2D eigenvalue weighted by molar-refractivity contribution is -0.0503. The molecule has 4 saturated carbocycles. The number of rotatable bonds is 9. The minimum Gasteiger partial charge on any atom is -0.492 e. The topological polar surface area (TPSA) is 70.6 Å². The van der Waals surface area contributed by atoms with Crippen LogP contribution >= 0.6 is 24.0 Å². The number of carbonyl (C=O) groups is 1. The van der Waals surface area contributed by atoms with Crippen molar-refractivity contribution in [1.82, 2.24) is 10.6 Å². The molecular formula is C23H34Cl2N2O3. The number of benzene rings is 1. The molecule has 0 radical (unpaired) electrons. The summed E-state index contributed by atoms with van der Waals surface area (Å²) in [5.41, 5.74) is 0.783. The highest BCUT2D eigenvalue weighted by Crippen LogP contribution is 2.59. The average Bonchev–Trinajstić information content (AvgIpc) is 2.69. The third kappa shape index (κ3) is 5.42. The van der Waals surface area contributed by atoms with Gasteiger partial charge in [-0.05, 0) is 86.8 Å². The van der Waals surface area contributed by atoms with Gasteiger partial charge in [0, 0.05) is 19.1 Å². The number of aliphatic hydroxyl groups excluding tert-OH is 1. The van der Waals surface area contributed by atoms with Gasteiger partial charge in [-0.3, -0.25) is 4.79 Å². The van der Waals surface area contributed by atoms with Gasteiger partial charge < -0.3 is 20.5 Å². The van der Waals surface area contributed by atoms with Crippen LogP contribution in [-0.4, -0.2) is 43.4 Å². The van der Waals surface area contributed by atoms with Crippen LogP contribution in [-0.2, 0) is 0 Å². The van der Waals surface area contributed by atoms with Crippen molar-refractivity contribution < 1.29 is 14.6 Å². The molecule has 0 aromatic heterocycles. The molecule has 30 heavy (non-hydrogen) atoms. The van der Waals surface area contributed by atoms with Crippen LogP contribution in [0.25, 0.3) is 0 Å². The summed E-state index contributed by atoms with van der Waals surface area (Å²) in [6, 6.07) is 5.27. The van der Waals surface area contributed by atoms with E-state index in [9.17, 15) is 4.79 Å². The highest BCUT2D eigenvalue weighted by Gasteiger charge is 2.50. The zero-order chi connectivity index (χ0) is 20.4. The molecule has 0 spiro atoms. The fourth-order valence-corrected chi connectivity index (χ4v) is 6.38. The van der Waals surface area contributed by atoms with E-state index in [2.05, 4.69) is 10.6 Å². The molecule has 5 rings (SSSR count). The molecule has 1 atom stereocenters. The predicted octanol–water partition coefficient (Wildman–Crippen LogP) is 4.06. The fraction of sp³-hybridized carbons (Fsp3) is 0.696. The lowest BCUT2D eigenvalue weighted by Crippen LogP contribution is -2.51. The van der Waals surface area contributed by atoms with E-state index in [-0.39, 0.29) is 31.0 Å². The fourth-order valence-electron chi connectivity index (χ4n) is 6.18. The molecule has 7 heteroatoms. The standard InChI is InChI=1S/C23H33ClN2O3.ClH/c1-15(13-27)25-4-5-29-19-2-3-21(24)20(9-19)22(28)26-14-23-10-16-6-17(11-23)8-18(7-16)12-23;/h2-3,9,15-18,25,27H,4-8,10-14H2,1H3,(H,26,28);1H/t15-,16?,17?,18?,23?;/m1./s1. The van der Waals surface area contributed by atoms with Crippen molar-refractivity contribution >= 4 is 29.9 Å². The van der Waals surface area contributed by atoms with Gasteiger partial charge in [0.2, 0.25) is 0 Å². The van der Waals surface area contributed by atoms with Gasteiger partial charge in [0.05, 0.1) is 17.2 Å². The maximum absolute atomic E-state index is 12.9. The monoisotopic (exact) mass is 456 g/mol. The van der Waals surface area contributed by atoms with Crippen LogP contribution in [0.3, 0.4) is 0 Å². The van der Waals surface area contributed by atoms with Crippen molar-refractivity contribution in [3.05, 3.63) is 28.8 Å². The van der Waals surface area contributed by atoms with Crippen LogP contribution in [0, 0.1) is 23.2 Å². The second-order valence-electron chi connectivity index (χ2n) is 9.63. The Labute approximate surface area is 190 Å². The Balaban J connectivity index is 0.00000256. The predicted molar refractivity (Wildman–Crippen MR) is 122 cm³/mol. The number of amides is 1. The Morgan fingerprint density at radius 3 is 2.47 bits per heavy atom. The molecule has 4 fully saturated rings. The number of hydrogen-bond acceptors (Lipinski definition) is 4. The summed E-state index contributed by atoms with van der Waals surface area (Å²) in [5, 5.41) is 15.8. The van der Waals surface area contributed by atoms with Gasteiger partial charge in [0.1, 0.15) is 12.4 Å². The molecule has 0 saturated heterocycles. The van der Waals surface area contributed by atoms with E-state index in [4.69, 9.17) is 21.4 Å². The van der Waals surface area contributed by atoms with E-state index >= 15 is 0 Å². The summed E-state index contributed by atoms with van der Waals surface area (Å²) < 4.78 is 5.74. The van der Waals surface area contributed by atoms with E-state index in [0.717, 1.165) is 24.3 Å². The van der Waals surface area contributed by atoms with Crippen molar-refractivity contribution in [2.45, 2.75) is 51.5 Å². The van der Waals surface area contributed by atoms with Gasteiger partial charge in [-0.15, -0.1) is 12.4 Å². The Morgan fingerprint density at radius 1 is 1.23 bits per heavy atom. The first kappa shape index (κ1) is 23.6. The molecule has 3 N–H and O–H groups in total. The van der Waals surface area contributed by atoms with E-state index in [1.54, 1.807) is 18.2 Å². The minimum absolute atomic E-state index is 0. The van der Waals surface area contributed by atoms with Gasteiger partial charge in [0.25, 0.3) is 5.91 Å². The van der Waals surface area contributed by atoms with Crippen molar-refractivity contribution in [3.63, 3.8) is 0 Å². The maximum atomic E-state index is 12.9. The number of hydrogen-bond donors (Lipinski definition) is 3. The van der Waals surface area contributed by atoms with Crippen LogP contribution in [0.2, 0.25) is 5.02 Å². The van der Waals surface area contributed by atoms with Crippen LogP contribution < -0.4 is 15.4 Å². The summed E-state index contributed by atoms with van der Waals surface area (Å²) in [4.78, 5) is 12.9. The van der Waals surface area contributed by atoms with Crippen LogP contribution in [0.5, 0.6) is 5.75 Å². The first-order valence-electron chi connectivity index (χ1n) is 11.0. The third-order valence-electron chi connectivity index (χ3n) is 7.11. The highest BCUT2D eigenvalue weighted by atomic mass is 35.5. The average molecular weight is 457 g/mol. The number of carbonyl (C=O) groups excluding carboxylic acids is 1. The van der Waals surface area contributed by atoms with Crippen molar-refractivity contribution in [2.75, 3.05) is 26.3 Å². The lowest BCUT2D eigenvalue weighted by atomic mass is 9.49. The molecule has 0 heterocycles. The molecule has 0 unspecified atom stereocenters. The largest absolute Gasteiger partial charge is 0.492 e. The van der Waals surface area contributed by atoms with E-state index < -0.39 is 0 Å². The summed E-state index contributed by atoms with van der Waals surface area (Å²) in [6.07, 6.45) is 8.04. The molecule has 1 aromatic rings. The summed E-state index contributed by atoms with van der Waals surface area (Å²) in [5.74, 6) is 3.15. The number of aliphatic hydroxyl groups is 1. The molecular weight excluding hydrogens is 423 g/mol. The molecule has 4 bridgehead atoms. The summed E-state index contributed by atoms with van der Waals surface area (Å²) in [6.45, 7) is 3.85. The van der Waals surface area contributed by atoms with Crippen molar-refractivity contribution in [1.29, 1.82) is 0 Å². The molecule has 1 amide bonds. The van der Waals surface area contributed by atoms with Gasteiger partial charge in [0.15, 0.2) is 0 Å². The Hall–Kier alpha value is -1.01. The number of ether oxygens (including phenoxy) is 1. The molecule has 1 aromatic carbocycles. The second-order valence-corrected chi connectivity index (χ2v) is 10.0. The number of nitrogens with one attached hydrogen (secondary N) is 2. The van der Waals surface area contributed by atoms with Gasteiger partial charge in [-0.2, -0.15) is 0 Å². The molecule has 0 aliphatic heterocycles. The first-order valence-corrected chi connectivity index (χ1v) is 11.4. The Morgan fingerprint density at radius 2 is 1.87 bits per heavy atom. The normalized spacial score (nSPS) is 29.9. The Bertz CT molecular complexity index is 708. The molecule has 168 valence electrons. The zero-order valence-electron chi connectivity index (χ0n) is 17.7. The highest BCUT2D eigenvalue weighted by molar-refractivity contribution is 6.33. The first-order chi connectivity index (χ1) is 14.0. The van der Waals surface area contributed by atoms with Crippen molar-refractivity contribution in [2.24, 2.45) is 23.2 Å². The van der Waals surface area contributed by atoms with E-state index in [1.807, 2.05) is 6.92 Å². The Kier molecular flexibility index (Phi) is 7.94. The van der Waals surface area contributed by atoms with Gasteiger partial charge in [-0.1, -0.05) is 11.6 Å². The lowest BCUT2D eigenvalue weighted by Gasteiger charge is -2.56. The molecule has 4 aliphatic carbocycles. The van der Waals surface area contributed by atoms with E-state index in [1.165, 1.54) is 38.5 Å². The van der Waals surface area contributed by atoms with Gasteiger partial charge in [-0.25, -0.2) is 0 Å². The SMILES string of the molecule is C[C@H](CO)NCCOc1ccc(Cl)c(C(=O)NCC23CC4CC(CC(C4)C2)C3)c1.Cl. The van der Waals surface area contributed by atoms with Crippen LogP contribution in [0.15, 0.2) is 18.2 Å². The third-order valence-corrected chi connectivity index (χ3v) is 7.44. The van der Waals surface area contributed by atoms with Gasteiger partial charge >= 0.3 is 0 Å². The second kappa shape index (κ2) is 10.1. The smallest absolute Gasteiger partial charge is 0.252 e. The quantitative estimate of drug-likeness (QED) is 0.490. The maximum Gasteiger partial charge on any atom is 0.252 e. The molecule has 5 nitrogen and oxygen atoms in total. The summed E-state index contributed by atoms with van der Waals surface area (Å²) in [7, 11) is 0. The van der Waals surface area contributed by atoms with Crippen LogP contribution in [0.4, 0.5) is 0 Å². The number of halogens is 2. The molecule has 4 aliphatic rings.